The van der Waals surface area contributed by atoms with E-state index in [1.165, 1.54) is 24.6 Å². The summed E-state index contributed by atoms with van der Waals surface area (Å²) in [4.78, 5) is 15.8. The first-order valence-corrected chi connectivity index (χ1v) is 7.15. The molecule has 0 bridgehead atoms. The number of nitrogens with one attached hydrogen (secondary N) is 1. The van der Waals surface area contributed by atoms with Crippen LogP contribution in [0, 0.1) is 0 Å². The number of thioether (sulfide) groups is 1. The van der Waals surface area contributed by atoms with Gasteiger partial charge in [0.2, 0.25) is 5.91 Å². The van der Waals surface area contributed by atoms with Crippen LogP contribution in [-0.4, -0.2) is 22.7 Å². The molecule has 1 N–H and O–H groups in total. The number of amides is 1. The van der Waals surface area contributed by atoms with Gasteiger partial charge in [0.05, 0.1) is 10.8 Å². The summed E-state index contributed by atoms with van der Waals surface area (Å²) >= 11 is 7.35. The summed E-state index contributed by atoms with van der Waals surface area (Å²) in [5.74, 6) is 0.455. The first kappa shape index (κ1) is 12.7. The van der Waals surface area contributed by atoms with E-state index in [4.69, 9.17) is 11.6 Å². The van der Waals surface area contributed by atoms with Gasteiger partial charge in [0.25, 0.3) is 0 Å². The van der Waals surface area contributed by atoms with Crippen molar-refractivity contribution in [3.8, 4) is 0 Å². The van der Waals surface area contributed by atoms with Gasteiger partial charge < -0.3 is 5.32 Å². The third-order valence-electron chi connectivity index (χ3n) is 2.78. The lowest BCUT2D eigenvalue weighted by molar-refractivity contribution is -0.119. The molecule has 0 unspecified atom stereocenters. The van der Waals surface area contributed by atoms with Crippen LogP contribution in [0.5, 0.6) is 0 Å². The zero-order valence-corrected chi connectivity index (χ0v) is 11.1. The number of carbonyl (C=O) groups excluding carboxylic acids is 1. The molecule has 1 fully saturated rings. The number of halogens is 1. The normalized spacial score (nSPS) is 16.1. The fourth-order valence-electron chi connectivity index (χ4n) is 1.95. The fourth-order valence-corrected chi connectivity index (χ4v) is 2.93. The topological polar surface area (TPSA) is 42.0 Å². The Kier molecular flexibility index (Phi) is 4.68. The third kappa shape index (κ3) is 3.89. The van der Waals surface area contributed by atoms with E-state index >= 15 is 0 Å². The number of hydrogen-bond acceptors (Lipinski definition) is 3. The maximum absolute atomic E-state index is 11.7. The van der Waals surface area contributed by atoms with Crippen LogP contribution >= 0.6 is 23.4 Å². The van der Waals surface area contributed by atoms with Crippen LogP contribution in [0.3, 0.4) is 0 Å². The van der Waals surface area contributed by atoms with Crippen LogP contribution in [0.2, 0.25) is 5.02 Å². The molecule has 1 aliphatic rings. The van der Waals surface area contributed by atoms with Crippen molar-refractivity contribution in [3.05, 3.63) is 23.4 Å². The molecule has 0 aromatic carbocycles. The number of pyridine rings is 1. The summed E-state index contributed by atoms with van der Waals surface area (Å²) in [6.45, 7) is 0. The number of aromatic nitrogens is 1. The Morgan fingerprint density at radius 2 is 2.29 bits per heavy atom. The smallest absolute Gasteiger partial charge is 0.230 e. The molecule has 0 radical (unpaired) electrons. The zero-order valence-electron chi connectivity index (χ0n) is 9.49. The van der Waals surface area contributed by atoms with Gasteiger partial charge in [0.15, 0.2) is 0 Å². The van der Waals surface area contributed by atoms with Crippen LogP contribution in [0.25, 0.3) is 0 Å². The third-order valence-corrected chi connectivity index (χ3v) is 4.21. The molecule has 1 amide bonds. The van der Waals surface area contributed by atoms with E-state index in [-0.39, 0.29) is 5.91 Å². The summed E-state index contributed by atoms with van der Waals surface area (Å²) < 4.78 is 0. The first-order chi connectivity index (χ1) is 8.25. The summed E-state index contributed by atoms with van der Waals surface area (Å²) in [7, 11) is 0. The molecule has 0 saturated heterocycles. The molecule has 5 heteroatoms. The Bertz CT molecular complexity index is 394. The Balaban J connectivity index is 1.77. The highest BCUT2D eigenvalue weighted by molar-refractivity contribution is 8.00. The van der Waals surface area contributed by atoms with Crippen LogP contribution in [0.1, 0.15) is 25.7 Å². The second-order valence-electron chi connectivity index (χ2n) is 4.13. The van der Waals surface area contributed by atoms with E-state index in [9.17, 15) is 4.79 Å². The Hall–Kier alpha value is -0.740. The van der Waals surface area contributed by atoms with Gasteiger partial charge in [-0.1, -0.05) is 36.2 Å². The van der Waals surface area contributed by atoms with E-state index in [1.807, 2.05) is 0 Å². The van der Waals surface area contributed by atoms with Crippen LogP contribution in [-0.2, 0) is 4.79 Å². The molecular formula is C12H15ClN2OS. The first-order valence-electron chi connectivity index (χ1n) is 5.78. The van der Waals surface area contributed by atoms with E-state index in [0.717, 1.165) is 17.9 Å². The summed E-state index contributed by atoms with van der Waals surface area (Å²) in [6, 6.07) is 3.94. The maximum atomic E-state index is 11.7. The number of rotatable bonds is 4. The van der Waals surface area contributed by atoms with Crippen molar-refractivity contribution in [2.45, 2.75) is 36.8 Å². The van der Waals surface area contributed by atoms with E-state index in [2.05, 4.69) is 10.3 Å². The Labute approximate surface area is 110 Å². The highest BCUT2D eigenvalue weighted by atomic mass is 35.5. The van der Waals surface area contributed by atoms with Crippen molar-refractivity contribution in [1.29, 1.82) is 0 Å². The van der Waals surface area contributed by atoms with Crippen LogP contribution < -0.4 is 5.32 Å². The van der Waals surface area contributed by atoms with Gasteiger partial charge in [-0.3, -0.25) is 4.79 Å². The van der Waals surface area contributed by atoms with Gasteiger partial charge in [-0.25, -0.2) is 4.98 Å². The molecule has 2 rings (SSSR count). The lowest BCUT2D eigenvalue weighted by Crippen LogP contribution is -2.33. The van der Waals surface area contributed by atoms with Gasteiger partial charge >= 0.3 is 0 Å². The summed E-state index contributed by atoms with van der Waals surface area (Å²) in [5, 5.41) is 4.36. The lowest BCUT2D eigenvalue weighted by Gasteiger charge is -2.11. The second-order valence-corrected chi connectivity index (χ2v) is 5.50. The largest absolute Gasteiger partial charge is 0.353 e. The highest BCUT2D eigenvalue weighted by Crippen LogP contribution is 2.24. The van der Waals surface area contributed by atoms with Crippen molar-refractivity contribution < 1.29 is 4.79 Å². The van der Waals surface area contributed by atoms with Gasteiger partial charge in [0, 0.05) is 12.2 Å². The van der Waals surface area contributed by atoms with Crippen molar-refractivity contribution in [3.63, 3.8) is 0 Å². The minimum absolute atomic E-state index is 0.0728. The molecule has 1 aromatic heterocycles. The average Bonchev–Trinajstić information content (AvgIpc) is 2.81. The Morgan fingerprint density at radius 3 is 3.00 bits per heavy atom. The standard InChI is InChI=1S/C12H15ClN2OS/c13-10-6-3-7-14-12(10)17-8-11(16)15-9-4-1-2-5-9/h3,6-7,9H,1-2,4-5,8H2,(H,15,16). The van der Waals surface area contributed by atoms with Gasteiger partial charge in [-0.05, 0) is 25.0 Å². The zero-order chi connectivity index (χ0) is 12.1. The quantitative estimate of drug-likeness (QED) is 0.856. The highest BCUT2D eigenvalue weighted by Gasteiger charge is 2.17. The summed E-state index contributed by atoms with van der Waals surface area (Å²) in [5.41, 5.74) is 0. The molecule has 17 heavy (non-hydrogen) atoms. The maximum Gasteiger partial charge on any atom is 0.230 e. The molecule has 1 aromatic rings. The number of hydrogen-bond donors (Lipinski definition) is 1. The minimum Gasteiger partial charge on any atom is -0.353 e. The minimum atomic E-state index is 0.0728. The average molecular weight is 271 g/mol. The van der Waals surface area contributed by atoms with Crippen molar-refractivity contribution in [2.24, 2.45) is 0 Å². The second kappa shape index (κ2) is 6.26. The molecule has 0 atom stereocenters. The molecule has 1 heterocycles. The van der Waals surface area contributed by atoms with Gasteiger partial charge in [-0.15, -0.1) is 0 Å². The molecular weight excluding hydrogens is 256 g/mol. The van der Waals surface area contributed by atoms with E-state index < -0.39 is 0 Å². The van der Waals surface area contributed by atoms with Crippen LogP contribution in [0.15, 0.2) is 23.4 Å². The predicted octanol–water partition coefficient (Wildman–Crippen LogP) is 2.89. The molecule has 92 valence electrons. The summed E-state index contributed by atoms with van der Waals surface area (Å²) in [6.07, 6.45) is 6.36. The number of carbonyl (C=O) groups is 1. The van der Waals surface area contributed by atoms with Gasteiger partial charge in [0.1, 0.15) is 5.03 Å². The molecule has 0 aliphatic heterocycles. The van der Waals surface area contributed by atoms with Crippen molar-refractivity contribution >= 4 is 29.3 Å². The van der Waals surface area contributed by atoms with E-state index in [0.29, 0.717) is 16.8 Å². The Morgan fingerprint density at radius 1 is 1.53 bits per heavy atom. The molecule has 1 saturated carbocycles. The van der Waals surface area contributed by atoms with Crippen molar-refractivity contribution in [1.82, 2.24) is 10.3 Å². The molecule has 3 nitrogen and oxygen atoms in total. The lowest BCUT2D eigenvalue weighted by atomic mass is 10.2. The fraction of sp³-hybridized carbons (Fsp3) is 0.500. The van der Waals surface area contributed by atoms with Gasteiger partial charge in [-0.2, -0.15) is 0 Å². The SMILES string of the molecule is O=C(CSc1ncccc1Cl)NC1CCCC1. The van der Waals surface area contributed by atoms with Crippen LogP contribution in [0.4, 0.5) is 0 Å². The van der Waals surface area contributed by atoms with E-state index in [1.54, 1.807) is 18.3 Å². The van der Waals surface area contributed by atoms with Crippen molar-refractivity contribution in [2.75, 3.05) is 5.75 Å². The number of nitrogens with zero attached hydrogens (tertiary/aromatic N) is 1. The molecule has 1 aliphatic carbocycles. The monoisotopic (exact) mass is 270 g/mol. The molecule has 0 spiro atoms. The predicted molar refractivity (Wildman–Crippen MR) is 70.4 cm³/mol.